The summed E-state index contributed by atoms with van der Waals surface area (Å²) < 4.78 is 41.8. The fraction of sp³-hybridized carbons (Fsp3) is 0.400. The van der Waals surface area contributed by atoms with Gasteiger partial charge >= 0.3 is 18.3 Å². The summed E-state index contributed by atoms with van der Waals surface area (Å²) in [5.74, 6) is 1.65. The number of Topliss-reactive ketones (excluding diaryl/α,β-unsaturated/α-hetero) is 3. The summed E-state index contributed by atoms with van der Waals surface area (Å²) in [7, 11) is 9.61. The molecular weight excluding hydrogens is 1620 g/mol. The van der Waals surface area contributed by atoms with Crippen molar-refractivity contribution < 1.29 is 57.2 Å². The molecule has 0 aromatic carbocycles. The number of hydrogen-bond donors (Lipinski definition) is 3. The Hall–Kier alpha value is -13.7. The van der Waals surface area contributed by atoms with E-state index >= 15 is 0 Å². The predicted molar refractivity (Wildman–Crippen MR) is 474 cm³/mol. The van der Waals surface area contributed by atoms with E-state index in [1.165, 1.54) is 60.5 Å². The zero-order chi connectivity index (χ0) is 90.5. The summed E-state index contributed by atoms with van der Waals surface area (Å²) in [5.41, 5.74) is 3.58. The lowest BCUT2D eigenvalue weighted by molar-refractivity contribution is -0.0171. The number of fused-ring (bicyclic) bond motifs is 3. The van der Waals surface area contributed by atoms with Crippen LogP contribution in [0, 0.1) is 38.5 Å². The first-order valence-electron chi connectivity index (χ1n) is 41.3. The molecule has 660 valence electrons. The van der Waals surface area contributed by atoms with Crippen molar-refractivity contribution in [3.05, 3.63) is 212 Å². The van der Waals surface area contributed by atoms with E-state index in [1.54, 1.807) is 197 Å². The largest absolute Gasteiger partial charge is 0.443 e. The molecule has 36 heteroatoms. The molecule has 3 fully saturated rings. The van der Waals surface area contributed by atoms with Crippen LogP contribution < -0.4 is 47.3 Å². The zero-order valence-electron chi connectivity index (χ0n) is 73.9. The van der Waals surface area contributed by atoms with Gasteiger partial charge in [0.05, 0.1) is 89.2 Å². The van der Waals surface area contributed by atoms with Crippen molar-refractivity contribution in [2.45, 2.75) is 176 Å². The van der Waals surface area contributed by atoms with Gasteiger partial charge in [0, 0.05) is 116 Å². The van der Waals surface area contributed by atoms with Crippen molar-refractivity contribution in [3.8, 4) is 17.1 Å². The van der Waals surface area contributed by atoms with Crippen LogP contribution in [0.15, 0.2) is 161 Å². The van der Waals surface area contributed by atoms with Crippen molar-refractivity contribution >= 4 is 105 Å². The molecule has 12 heterocycles. The highest BCUT2D eigenvalue weighted by atomic mass is 16.6. The van der Waals surface area contributed by atoms with Crippen molar-refractivity contribution in [1.82, 2.24) is 72.4 Å². The molecule has 12 aromatic heterocycles. The molecule has 3 aliphatic carbocycles. The molecule has 6 atom stereocenters. The number of hydrogen-bond acceptors (Lipinski definition) is 27. The summed E-state index contributed by atoms with van der Waals surface area (Å²) in [5, 5.41) is 22.5. The number of carbonyl (C=O) groups excluding carboxylic acids is 6. The maximum Gasteiger partial charge on any atom is 0.415 e. The molecule has 12 aromatic rings. The molecule has 15 rings (SSSR count). The normalized spacial score (nSPS) is 16.6. The van der Waals surface area contributed by atoms with Crippen molar-refractivity contribution in [2.75, 3.05) is 73.1 Å². The van der Waals surface area contributed by atoms with Crippen molar-refractivity contribution in [2.24, 2.45) is 17.8 Å². The quantitative estimate of drug-likeness (QED) is 0.0373. The van der Waals surface area contributed by atoms with Crippen LogP contribution in [0.2, 0.25) is 0 Å². The molecular formula is C90H105N21O15. The average Bonchev–Trinajstić information content (AvgIpc) is 1.61. The van der Waals surface area contributed by atoms with Gasteiger partial charge in [-0.1, -0.05) is 0 Å². The summed E-state index contributed by atoms with van der Waals surface area (Å²) in [6.45, 7) is 21.6. The van der Waals surface area contributed by atoms with Crippen LogP contribution >= 0.6 is 0 Å². The number of nitrogens with zero attached hydrogens (tertiary/aromatic N) is 18. The van der Waals surface area contributed by atoms with E-state index in [4.69, 9.17) is 28.4 Å². The Bertz CT molecular complexity index is 5650. The van der Waals surface area contributed by atoms with Gasteiger partial charge in [-0.15, -0.1) is 0 Å². The first-order valence-corrected chi connectivity index (χ1v) is 41.3. The second-order valence-electron chi connectivity index (χ2n) is 34.4. The van der Waals surface area contributed by atoms with Crippen LogP contribution in [-0.4, -0.2) is 186 Å². The molecule has 3 aliphatic rings. The lowest BCUT2D eigenvalue weighted by Crippen LogP contribution is -2.35. The maximum absolute atomic E-state index is 13.4. The first kappa shape index (κ1) is 90.0. The smallest absolute Gasteiger partial charge is 0.415 e. The number of rotatable bonds is 24. The highest BCUT2D eigenvalue weighted by Gasteiger charge is 2.38. The average molecular weight is 1720 g/mol. The van der Waals surface area contributed by atoms with E-state index in [2.05, 4.69) is 61.2 Å². The molecule has 3 unspecified atom stereocenters. The molecule has 3 amide bonds. The third-order valence-electron chi connectivity index (χ3n) is 21.7. The first-order chi connectivity index (χ1) is 59.8. The standard InChI is InChI=1S/3C30H35N7O5/c3*1-18-9-11-20(16-31-18)36-13-7-8-22(28(36)39)33-25-15-26(35(5)29(40)42-30(2,3)4)37-27(34-25)21(17-32-37)23(38)14-19-10-12-24(19)41-6/h3*7-9,11,13,15-17,19,24H,10,12,14H2,1-6H3,(H,33,34)/t3*19?,24-/m000/s1. The van der Waals surface area contributed by atoms with Gasteiger partial charge in [0.2, 0.25) is 0 Å². The Balaban J connectivity index is 0.000000162. The fourth-order valence-corrected chi connectivity index (χ4v) is 14.5. The van der Waals surface area contributed by atoms with Crippen LogP contribution in [0.4, 0.5) is 66.4 Å². The number of anilines is 9. The minimum Gasteiger partial charge on any atom is -0.443 e. The summed E-state index contributed by atoms with van der Waals surface area (Å²) in [4.78, 5) is 150. The Morgan fingerprint density at radius 3 is 0.865 bits per heavy atom. The van der Waals surface area contributed by atoms with Crippen molar-refractivity contribution in [3.63, 3.8) is 0 Å². The number of amides is 3. The molecule has 0 spiro atoms. The zero-order valence-corrected chi connectivity index (χ0v) is 73.9. The van der Waals surface area contributed by atoms with Gasteiger partial charge in [0.1, 0.15) is 68.8 Å². The Morgan fingerprint density at radius 2 is 0.651 bits per heavy atom. The SMILES string of the molecule is CO[C@H]1CCC1CC(=O)c1cnn2c(N(C)C(=O)OC(C)(C)C)cc(Nc3cccn(-c4ccc(C)nc4)c3=O)nc12.CO[C@H]1CCC1CC(=O)c1cnn2c(N(C)C(=O)OC(C)(C)C)cc(Nc3cccn(-c4ccc(C)nc4)c3=O)nc12.CO[C@H]1CCC1CC(=O)c1cnn2c(N(C)C(=O)OC(C)(C)C)cc(Nc3cccn(-c4ccc(C)nc4)c3=O)nc12. The molecule has 0 saturated heterocycles. The number of ketones is 3. The number of methoxy groups -OCH3 is 3. The minimum atomic E-state index is -0.732. The summed E-state index contributed by atoms with van der Waals surface area (Å²) in [6.07, 6.45) is 18.9. The monoisotopic (exact) mass is 1720 g/mol. The van der Waals surface area contributed by atoms with E-state index in [0.29, 0.717) is 70.5 Å². The van der Waals surface area contributed by atoms with Gasteiger partial charge < -0.3 is 44.4 Å². The lowest BCUT2D eigenvalue weighted by atomic mass is 9.78. The third-order valence-corrected chi connectivity index (χ3v) is 21.7. The molecule has 126 heavy (non-hydrogen) atoms. The molecule has 0 bridgehead atoms. The van der Waals surface area contributed by atoms with Gasteiger partial charge in [-0.3, -0.25) is 72.1 Å². The van der Waals surface area contributed by atoms with E-state index in [-0.39, 0.29) is 122 Å². The summed E-state index contributed by atoms with van der Waals surface area (Å²) in [6, 6.07) is 25.7. The van der Waals surface area contributed by atoms with Crippen LogP contribution in [-0.2, 0) is 28.4 Å². The molecule has 0 aliphatic heterocycles. The van der Waals surface area contributed by atoms with Crippen LogP contribution in [0.25, 0.3) is 34.0 Å². The number of carbonyl (C=O) groups is 6. The lowest BCUT2D eigenvalue weighted by Gasteiger charge is -2.34. The van der Waals surface area contributed by atoms with E-state index in [9.17, 15) is 43.2 Å². The fourth-order valence-electron chi connectivity index (χ4n) is 14.5. The van der Waals surface area contributed by atoms with Crippen LogP contribution in [0.1, 0.15) is 168 Å². The van der Waals surface area contributed by atoms with Gasteiger partial charge in [-0.05, 0) is 212 Å². The number of pyridine rings is 6. The van der Waals surface area contributed by atoms with E-state index < -0.39 is 35.1 Å². The van der Waals surface area contributed by atoms with Gasteiger partial charge in [0.25, 0.3) is 16.7 Å². The van der Waals surface area contributed by atoms with Gasteiger partial charge in [0.15, 0.2) is 34.3 Å². The van der Waals surface area contributed by atoms with Crippen molar-refractivity contribution in [1.29, 1.82) is 0 Å². The topological polar surface area (TPSA) is 399 Å². The van der Waals surface area contributed by atoms with Crippen LogP contribution in [0.5, 0.6) is 0 Å². The second kappa shape index (κ2) is 37.4. The summed E-state index contributed by atoms with van der Waals surface area (Å²) >= 11 is 0. The minimum absolute atomic E-state index is 0.0545. The highest BCUT2D eigenvalue weighted by molar-refractivity contribution is 6.04. The number of nitrogens with one attached hydrogen (secondary N) is 3. The third kappa shape index (κ3) is 20.5. The predicted octanol–water partition coefficient (Wildman–Crippen LogP) is 14.1. The number of ether oxygens (including phenoxy) is 6. The van der Waals surface area contributed by atoms with E-state index in [1.807, 2.05) is 57.2 Å². The molecule has 36 nitrogen and oxygen atoms in total. The Labute approximate surface area is 726 Å². The number of aromatic nitrogens is 15. The maximum atomic E-state index is 13.4. The highest BCUT2D eigenvalue weighted by Crippen LogP contribution is 2.39. The van der Waals surface area contributed by atoms with Crippen LogP contribution in [0.3, 0.4) is 0 Å². The van der Waals surface area contributed by atoms with E-state index in [0.717, 1.165) is 55.6 Å². The van der Waals surface area contributed by atoms with Gasteiger partial charge in [-0.25, -0.2) is 29.3 Å². The second-order valence-corrected chi connectivity index (χ2v) is 34.4. The Morgan fingerprint density at radius 1 is 0.389 bits per heavy atom. The molecule has 3 saturated carbocycles. The number of aryl methyl sites for hydroxylation is 3. The Kier molecular flexibility index (Phi) is 26.7. The molecule has 3 N–H and O–H groups in total. The molecule has 0 radical (unpaired) electrons. The van der Waals surface area contributed by atoms with Gasteiger partial charge in [-0.2, -0.15) is 28.8 Å².